The molecule has 0 radical (unpaired) electrons. The molecule has 2 amide bonds. The summed E-state index contributed by atoms with van der Waals surface area (Å²) in [7, 11) is 1.52. The standard InChI is InChI=1S/C22H22FN9O3/c1-10-5-28-20(33)14-9-30-32-17(24)16(11-4-15(26-6-11)21(34)25-2)18(31-19(14)32)27-7-12-3-13(23)8-29-22(12)35-10/h3-4,6,8-10,26H,5,7,24H2,1-2H3,(H,25,34)(H,27,31)(H,28,33). The number of aromatic amines is 1. The van der Waals surface area contributed by atoms with Gasteiger partial charge in [0.1, 0.15) is 34.8 Å². The van der Waals surface area contributed by atoms with Gasteiger partial charge in [-0.15, -0.1) is 0 Å². The molecule has 35 heavy (non-hydrogen) atoms. The SMILES string of the molecule is CNC(=O)c1cc(-c2c3nc4c(cnn4c2N)C(=O)NCC(C)Oc2ncc(F)cc2CN3)c[nH]1. The largest absolute Gasteiger partial charge is 0.473 e. The zero-order chi connectivity index (χ0) is 24.7. The van der Waals surface area contributed by atoms with Gasteiger partial charge in [-0.1, -0.05) is 0 Å². The van der Waals surface area contributed by atoms with Crippen molar-refractivity contribution in [2.24, 2.45) is 0 Å². The number of H-pyrrole nitrogens is 1. The number of nitrogens with two attached hydrogens (primary N) is 1. The number of halogens is 1. The predicted molar refractivity (Wildman–Crippen MR) is 125 cm³/mol. The Morgan fingerprint density at radius 3 is 2.94 bits per heavy atom. The van der Waals surface area contributed by atoms with Gasteiger partial charge in [0.15, 0.2) is 5.65 Å². The summed E-state index contributed by atoms with van der Waals surface area (Å²) >= 11 is 0. The second-order valence-electron chi connectivity index (χ2n) is 8.01. The van der Waals surface area contributed by atoms with E-state index in [4.69, 9.17) is 10.5 Å². The number of carbonyl (C=O) groups is 2. The van der Waals surface area contributed by atoms with Crippen molar-refractivity contribution in [2.45, 2.75) is 19.6 Å². The van der Waals surface area contributed by atoms with E-state index in [1.54, 1.807) is 19.2 Å². The lowest BCUT2D eigenvalue weighted by molar-refractivity contribution is 0.0930. The van der Waals surface area contributed by atoms with Crippen molar-refractivity contribution >= 4 is 29.1 Å². The fraction of sp³-hybridized carbons (Fsp3) is 0.227. The van der Waals surface area contributed by atoms with Crippen LogP contribution in [0.4, 0.5) is 16.0 Å². The van der Waals surface area contributed by atoms with Gasteiger partial charge in [0.2, 0.25) is 5.88 Å². The minimum atomic E-state index is -0.526. The molecule has 13 heteroatoms. The average molecular weight is 479 g/mol. The Labute approximate surface area is 198 Å². The molecule has 0 saturated carbocycles. The molecular weight excluding hydrogens is 457 g/mol. The molecule has 1 unspecified atom stereocenters. The highest BCUT2D eigenvalue weighted by Gasteiger charge is 2.24. The van der Waals surface area contributed by atoms with E-state index in [2.05, 4.69) is 36.0 Å². The van der Waals surface area contributed by atoms with Gasteiger partial charge in [-0.25, -0.2) is 14.4 Å². The van der Waals surface area contributed by atoms with Crippen LogP contribution in [0.3, 0.4) is 0 Å². The van der Waals surface area contributed by atoms with E-state index in [9.17, 15) is 14.0 Å². The summed E-state index contributed by atoms with van der Waals surface area (Å²) in [4.78, 5) is 36.6. The third-order valence-corrected chi connectivity index (χ3v) is 5.57. The minimum absolute atomic E-state index is 0.0972. The van der Waals surface area contributed by atoms with E-state index in [-0.39, 0.29) is 41.9 Å². The highest BCUT2D eigenvalue weighted by Crippen LogP contribution is 2.35. The van der Waals surface area contributed by atoms with Gasteiger partial charge >= 0.3 is 0 Å². The number of nitrogen functional groups attached to an aromatic ring is 1. The Balaban J connectivity index is 1.69. The second kappa shape index (κ2) is 8.59. The number of ether oxygens (including phenoxy) is 1. The monoisotopic (exact) mass is 479 g/mol. The molecular formula is C22H22FN9O3. The number of carbonyl (C=O) groups excluding carboxylic acids is 2. The van der Waals surface area contributed by atoms with Crippen LogP contribution in [-0.4, -0.2) is 56.1 Å². The predicted octanol–water partition coefficient (Wildman–Crippen LogP) is 1.32. The second-order valence-corrected chi connectivity index (χ2v) is 8.01. The Kier molecular flexibility index (Phi) is 5.43. The van der Waals surface area contributed by atoms with Gasteiger partial charge in [-0.05, 0) is 19.1 Å². The normalized spacial score (nSPS) is 15.7. The highest BCUT2D eigenvalue weighted by atomic mass is 19.1. The molecule has 0 spiro atoms. The van der Waals surface area contributed by atoms with Crippen LogP contribution >= 0.6 is 0 Å². The highest BCUT2D eigenvalue weighted by molar-refractivity contribution is 6.01. The minimum Gasteiger partial charge on any atom is -0.473 e. The number of hydrogen-bond donors (Lipinski definition) is 5. The van der Waals surface area contributed by atoms with Crippen molar-refractivity contribution in [3.05, 3.63) is 53.4 Å². The summed E-state index contributed by atoms with van der Waals surface area (Å²) in [6, 6.07) is 2.93. The summed E-state index contributed by atoms with van der Waals surface area (Å²) in [6.45, 7) is 2.04. The summed E-state index contributed by atoms with van der Waals surface area (Å²) in [5, 5.41) is 12.8. The van der Waals surface area contributed by atoms with Gasteiger partial charge in [0.25, 0.3) is 11.8 Å². The zero-order valence-electron chi connectivity index (χ0n) is 18.8. The maximum Gasteiger partial charge on any atom is 0.267 e. The Morgan fingerprint density at radius 1 is 1.31 bits per heavy atom. The summed E-state index contributed by atoms with van der Waals surface area (Å²) < 4.78 is 21.2. The van der Waals surface area contributed by atoms with Gasteiger partial charge < -0.3 is 31.4 Å². The Bertz CT molecular complexity index is 1460. The molecule has 2 bridgehead atoms. The van der Waals surface area contributed by atoms with Gasteiger partial charge in [0.05, 0.1) is 24.5 Å². The van der Waals surface area contributed by atoms with E-state index in [0.29, 0.717) is 28.2 Å². The number of pyridine rings is 1. The van der Waals surface area contributed by atoms with Crippen molar-refractivity contribution in [2.75, 3.05) is 24.6 Å². The van der Waals surface area contributed by atoms with Crippen molar-refractivity contribution in [1.82, 2.24) is 35.2 Å². The third kappa shape index (κ3) is 3.96. The summed E-state index contributed by atoms with van der Waals surface area (Å²) in [5.41, 5.74) is 8.71. The van der Waals surface area contributed by atoms with E-state index in [1.165, 1.54) is 23.8 Å². The number of rotatable bonds is 2. The summed E-state index contributed by atoms with van der Waals surface area (Å²) in [6.07, 6.45) is 3.61. The van der Waals surface area contributed by atoms with Crippen molar-refractivity contribution in [1.29, 1.82) is 0 Å². The molecule has 5 rings (SSSR count). The molecule has 1 aliphatic heterocycles. The Hall–Kier alpha value is -4.68. The van der Waals surface area contributed by atoms with Crippen LogP contribution < -0.4 is 26.4 Å². The topological polar surface area (TPSA) is 164 Å². The van der Waals surface area contributed by atoms with Gasteiger partial charge in [-0.3, -0.25) is 9.59 Å². The maximum absolute atomic E-state index is 14.0. The molecule has 180 valence electrons. The molecule has 0 aromatic carbocycles. The number of amides is 2. The molecule has 1 aliphatic rings. The summed E-state index contributed by atoms with van der Waals surface area (Å²) in [5.74, 6) is -0.526. The number of aromatic nitrogens is 5. The molecule has 6 N–H and O–H groups in total. The van der Waals surface area contributed by atoms with Gasteiger partial charge in [-0.2, -0.15) is 9.61 Å². The van der Waals surface area contributed by atoms with Gasteiger partial charge in [0, 0.05) is 30.9 Å². The molecule has 1 atom stereocenters. The first-order valence-corrected chi connectivity index (χ1v) is 10.8. The molecule has 4 aromatic heterocycles. The first-order valence-electron chi connectivity index (χ1n) is 10.8. The lowest BCUT2D eigenvalue weighted by atomic mass is 10.1. The van der Waals surface area contributed by atoms with Crippen LogP contribution in [0.5, 0.6) is 5.88 Å². The van der Waals surface area contributed by atoms with Crippen LogP contribution in [-0.2, 0) is 6.54 Å². The van der Waals surface area contributed by atoms with E-state index < -0.39 is 17.8 Å². The average Bonchev–Trinajstić information content (AvgIpc) is 3.49. The number of nitrogens with one attached hydrogen (secondary N) is 4. The molecule has 0 saturated heterocycles. The fourth-order valence-electron chi connectivity index (χ4n) is 3.84. The number of fused-ring (bicyclic) bond motifs is 2. The number of nitrogens with zero attached hydrogens (tertiary/aromatic N) is 4. The van der Waals surface area contributed by atoms with E-state index in [0.717, 1.165) is 6.20 Å². The molecule has 12 nitrogen and oxygen atoms in total. The van der Waals surface area contributed by atoms with Crippen LogP contribution in [0.2, 0.25) is 0 Å². The number of anilines is 2. The molecule has 4 aromatic rings. The lowest BCUT2D eigenvalue weighted by Crippen LogP contribution is -2.33. The third-order valence-electron chi connectivity index (χ3n) is 5.57. The van der Waals surface area contributed by atoms with Crippen LogP contribution in [0, 0.1) is 5.82 Å². The van der Waals surface area contributed by atoms with Crippen molar-refractivity contribution < 1.29 is 18.7 Å². The van der Waals surface area contributed by atoms with E-state index in [1.807, 2.05) is 0 Å². The van der Waals surface area contributed by atoms with Crippen molar-refractivity contribution in [3.63, 3.8) is 0 Å². The molecule has 5 heterocycles. The van der Waals surface area contributed by atoms with Crippen LogP contribution in [0.1, 0.15) is 33.3 Å². The van der Waals surface area contributed by atoms with Crippen LogP contribution in [0.15, 0.2) is 30.7 Å². The van der Waals surface area contributed by atoms with E-state index >= 15 is 0 Å². The number of hydrogen-bond acceptors (Lipinski definition) is 8. The molecule has 0 fully saturated rings. The Morgan fingerprint density at radius 2 is 2.14 bits per heavy atom. The smallest absolute Gasteiger partial charge is 0.267 e. The quantitative estimate of drug-likeness (QED) is 0.287. The molecule has 0 aliphatic carbocycles. The maximum atomic E-state index is 14.0. The van der Waals surface area contributed by atoms with Crippen LogP contribution in [0.25, 0.3) is 16.8 Å². The van der Waals surface area contributed by atoms with Crippen molar-refractivity contribution in [3.8, 4) is 17.0 Å². The zero-order valence-corrected chi connectivity index (χ0v) is 18.8. The lowest BCUT2D eigenvalue weighted by Gasteiger charge is -2.17. The fourth-order valence-corrected chi connectivity index (χ4v) is 3.84. The first-order chi connectivity index (χ1) is 16.9. The first kappa shape index (κ1) is 22.1.